The number of aromatic nitrogens is 2. The average molecular weight is 203 g/mol. The van der Waals surface area contributed by atoms with E-state index in [1.165, 1.54) is 12.8 Å². The van der Waals surface area contributed by atoms with Crippen molar-refractivity contribution in [2.24, 2.45) is 5.92 Å². The van der Waals surface area contributed by atoms with Crippen LogP contribution in [-0.2, 0) is 6.42 Å². The summed E-state index contributed by atoms with van der Waals surface area (Å²) in [5.74, 6) is 0.746. The molecule has 0 amide bonds. The Kier molecular flexibility index (Phi) is 2.33. The molecule has 1 heterocycles. The van der Waals surface area contributed by atoms with Crippen LogP contribution < -0.4 is 0 Å². The third-order valence-corrected chi connectivity index (χ3v) is 3.44. The minimum Gasteiger partial charge on any atom is -0.144 e. The molecular weight excluding hydrogens is 192 g/mol. The van der Waals surface area contributed by atoms with E-state index in [4.69, 9.17) is 11.6 Å². The van der Waals surface area contributed by atoms with Gasteiger partial charge in [0.25, 0.3) is 0 Å². The molecular formula is C8H11ClN2S. The topological polar surface area (TPSA) is 25.8 Å². The van der Waals surface area contributed by atoms with E-state index in [-0.39, 0.29) is 5.38 Å². The molecule has 0 radical (unpaired) electrons. The van der Waals surface area contributed by atoms with Crippen molar-refractivity contribution < 1.29 is 0 Å². The highest BCUT2D eigenvalue weighted by Gasteiger charge is 2.30. The summed E-state index contributed by atoms with van der Waals surface area (Å²) in [7, 11) is 0. The van der Waals surface area contributed by atoms with Gasteiger partial charge in [-0.05, 0) is 25.7 Å². The summed E-state index contributed by atoms with van der Waals surface area (Å²) in [5, 5.41) is 10.4. The van der Waals surface area contributed by atoms with Gasteiger partial charge in [0.2, 0.25) is 0 Å². The molecule has 0 N–H and O–H groups in total. The lowest BCUT2D eigenvalue weighted by Gasteiger charge is -2.02. The van der Waals surface area contributed by atoms with Crippen LogP contribution in [-0.4, -0.2) is 15.6 Å². The molecule has 0 aromatic carbocycles. The van der Waals surface area contributed by atoms with Gasteiger partial charge in [0.15, 0.2) is 0 Å². The van der Waals surface area contributed by atoms with E-state index in [2.05, 4.69) is 10.2 Å². The van der Waals surface area contributed by atoms with Crippen LogP contribution in [0.25, 0.3) is 0 Å². The third kappa shape index (κ3) is 1.96. The Hall–Kier alpha value is -0.150. The number of hydrogen-bond donors (Lipinski definition) is 0. The van der Waals surface area contributed by atoms with E-state index < -0.39 is 0 Å². The highest BCUT2D eigenvalue weighted by atomic mass is 35.5. The molecule has 1 aromatic heterocycles. The smallest absolute Gasteiger partial charge is 0.118 e. The lowest BCUT2D eigenvalue weighted by atomic mass is 10.2. The van der Waals surface area contributed by atoms with E-state index in [9.17, 15) is 0 Å². The summed E-state index contributed by atoms with van der Waals surface area (Å²) in [5.41, 5.74) is 0. The van der Waals surface area contributed by atoms with Crippen LogP contribution >= 0.6 is 22.9 Å². The molecule has 0 bridgehead atoms. The zero-order valence-electron chi connectivity index (χ0n) is 6.96. The van der Waals surface area contributed by atoms with Gasteiger partial charge in [-0.25, -0.2) is 0 Å². The Morgan fingerprint density at radius 3 is 2.83 bits per heavy atom. The molecule has 0 spiro atoms. The van der Waals surface area contributed by atoms with Crippen LogP contribution in [0.3, 0.4) is 0 Å². The predicted molar refractivity (Wildman–Crippen MR) is 50.7 cm³/mol. The average Bonchev–Trinajstić information content (AvgIpc) is 2.78. The van der Waals surface area contributed by atoms with Crippen molar-refractivity contribution in [1.29, 1.82) is 0 Å². The second-order valence-corrected chi connectivity index (χ2v) is 5.10. The van der Waals surface area contributed by atoms with E-state index in [0.717, 1.165) is 22.4 Å². The highest BCUT2D eigenvalue weighted by molar-refractivity contribution is 7.11. The first-order valence-corrected chi connectivity index (χ1v) is 5.44. The molecule has 2 rings (SSSR count). The summed E-state index contributed by atoms with van der Waals surface area (Å²) in [6.07, 6.45) is 3.50. The maximum absolute atomic E-state index is 6.16. The zero-order valence-corrected chi connectivity index (χ0v) is 8.53. The van der Waals surface area contributed by atoms with Crippen molar-refractivity contribution in [3.8, 4) is 0 Å². The van der Waals surface area contributed by atoms with Crippen molar-refractivity contribution in [2.75, 3.05) is 0 Å². The minimum atomic E-state index is 0.289. The Morgan fingerprint density at radius 2 is 2.33 bits per heavy atom. The monoisotopic (exact) mass is 202 g/mol. The van der Waals surface area contributed by atoms with Crippen LogP contribution in [0.2, 0.25) is 0 Å². The lowest BCUT2D eigenvalue weighted by Crippen LogP contribution is -2.05. The Labute approximate surface area is 81.0 Å². The van der Waals surface area contributed by atoms with Crippen LogP contribution in [0, 0.1) is 12.8 Å². The van der Waals surface area contributed by atoms with Crippen molar-refractivity contribution in [2.45, 2.75) is 31.6 Å². The van der Waals surface area contributed by atoms with Gasteiger partial charge in [0, 0.05) is 11.8 Å². The van der Waals surface area contributed by atoms with Gasteiger partial charge >= 0.3 is 0 Å². The lowest BCUT2D eigenvalue weighted by molar-refractivity contribution is 0.727. The van der Waals surface area contributed by atoms with Gasteiger partial charge in [-0.2, -0.15) is 0 Å². The van der Waals surface area contributed by atoms with Crippen molar-refractivity contribution >= 4 is 22.9 Å². The molecule has 4 heteroatoms. The first kappa shape index (κ1) is 8.45. The summed E-state index contributed by atoms with van der Waals surface area (Å²) in [6, 6.07) is 0. The number of aryl methyl sites for hydroxylation is 1. The first-order chi connectivity index (χ1) is 5.75. The molecule has 12 heavy (non-hydrogen) atoms. The molecule has 0 aliphatic heterocycles. The molecule has 1 fully saturated rings. The summed E-state index contributed by atoms with van der Waals surface area (Å²) < 4.78 is 0. The minimum absolute atomic E-state index is 0.289. The number of nitrogens with zero attached hydrogens (tertiary/aromatic N) is 2. The maximum Gasteiger partial charge on any atom is 0.118 e. The fourth-order valence-electron chi connectivity index (χ4n) is 1.21. The van der Waals surface area contributed by atoms with Gasteiger partial charge in [0.05, 0.1) is 0 Å². The second kappa shape index (κ2) is 3.30. The van der Waals surface area contributed by atoms with Crippen molar-refractivity contribution in [3.63, 3.8) is 0 Å². The third-order valence-electron chi connectivity index (χ3n) is 2.07. The molecule has 1 aromatic rings. The standard InChI is InChI=1S/C8H11ClN2S/c1-5-10-11-8(12-5)4-7(9)6-2-3-6/h6-7H,2-4H2,1H3. The van der Waals surface area contributed by atoms with Crippen LogP contribution in [0.5, 0.6) is 0 Å². The van der Waals surface area contributed by atoms with Gasteiger partial charge < -0.3 is 0 Å². The Bertz CT molecular complexity index is 270. The van der Waals surface area contributed by atoms with Crippen LogP contribution in [0.1, 0.15) is 22.9 Å². The second-order valence-electron chi connectivity index (χ2n) is 3.27. The molecule has 66 valence electrons. The summed E-state index contributed by atoms with van der Waals surface area (Å²) >= 11 is 7.82. The van der Waals surface area contributed by atoms with Gasteiger partial charge in [-0.15, -0.1) is 33.1 Å². The number of hydrogen-bond acceptors (Lipinski definition) is 3. The van der Waals surface area contributed by atoms with Gasteiger partial charge in [-0.1, -0.05) is 0 Å². The molecule has 1 aliphatic carbocycles. The summed E-state index contributed by atoms with van der Waals surface area (Å²) in [4.78, 5) is 0. The molecule has 1 unspecified atom stereocenters. The number of alkyl halides is 1. The van der Waals surface area contributed by atoms with Gasteiger partial charge in [0.1, 0.15) is 10.0 Å². The van der Waals surface area contributed by atoms with Crippen molar-refractivity contribution in [3.05, 3.63) is 10.0 Å². The van der Waals surface area contributed by atoms with E-state index >= 15 is 0 Å². The molecule has 0 saturated heterocycles. The number of halogens is 1. The molecule has 1 saturated carbocycles. The van der Waals surface area contributed by atoms with Crippen molar-refractivity contribution in [1.82, 2.24) is 10.2 Å². The van der Waals surface area contributed by atoms with Gasteiger partial charge in [-0.3, -0.25) is 0 Å². The Morgan fingerprint density at radius 1 is 1.58 bits per heavy atom. The van der Waals surface area contributed by atoms with E-state index in [1.807, 2.05) is 6.92 Å². The largest absolute Gasteiger partial charge is 0.144 e. The Balaban J connectivity index is 1.93. The predicted octanol–water partition coefficient (Wildman–Crippen LogP) is 2.41. The molecule has 2 nitrogen and oxygen atoms in total. The normalized spacial score (nSPS) is 19.5. The fourth-order valence-corrected chi connectivity index (χ4v) is 2.47. The number of rotatable bonds is 3. The SMILES string of the molecule is Cc1nnc(CC(Cl)C2CC2)s1. The summed E-state index contributed by atoms with van der Waals surface area (Å²) in [6.45, 7) is 1.97. The van der Waals surface area contributed by atoms with E-state index in [1.54, 1.807) is 11.3 Å². The maximum atomic E-state index is 6.16. The van der Waals surface area contributed by atoms with Crippen LogP contribution in [0.15, 0.2) is 0 Å². The quantitative estimate of drug-likeness (QED) is 0.704. The fraction of sp³-hybridized carbons (Fsp3) is 0.750. The highest BCUT2D eigenvalue weighted by Crippen LogP contribution is 2.37. The van der Waals surface area contributed by atoms with Crippen LogP contribution in [0.4, 0.5) is 0 Å². The first-order valence-electron chi connectivity index (χ1n) is 4.19. The zero-order chi connectivity index (χ0) is 8.55. The molecule has 1 atom stereocenters. The molecule has 1 aliphatic rings. The van der Waals surface area contributed by atoms with E-state index in [0.29, 0.717) is 0 Å².